The molecular formula is C103H112N18O12. The Labute approximate surface area is 774 Å². The van der Waals surface area contributed by atoms with E-state index in [1.807, 2.05) is 138 Å². The zero-order chi connectivity index (χ0) is 93.2. The lowest BCUT2D eigenvalue weighted by molar-refractivity contribution is 0.166. The molecule has 8 aromatic carbocycles. The second-order valence-corrected chi connectivity index (χ2v) is 35.0. The lowest BCUT2D eigenvalue weighted by atomic mass is 10.0. The molecule has 0 bridgehead atoms. The number of methoxy groups -OCH3 is 2. The number of ether oxygens (including phenoxy) is 6. The fourth-order valence-electron chi connectivity index (χ4n) is 18.0. The van der Waals surface area contributed by atoms with Crippen molar-refractivity contribution in [2.24, 2.45) is 5.92 Å². The molecule has 5 atom stereocenters. The highest BCUT2D eigenvalue weighted by Gasteiger charge is 2.35. The number of hydrogen-bond acceptors (Lipinski definition) is 26. The minimum Gasteiger partial charge on any atom is -0.490 e. The Morgan fingerprint density at radius 2 is 0.684 bits per heavy atom. The van der Waals surface area contributed by atoms with Gasteiger partial charge >= 0.3 is 12.1 Å². The summed E-state index contributed by atoms with van der Waals surface area (Å²) in [5.41, 5.74) is 17.8. The van der Waals surface area contributed by atoms with Gasteiger partial charge in [0.1, 0.15) is 47.3 Å². The van der Waals surface area contributed by atoms with Crippen molar-refractivity contribution in [3.63, 3.8) is 0 Å². The molecule has 12 aromatic rings. The Kier molecular flexibility index (Phi) is 30.8. The van der Waals surface area contributed by atoms with Crippen molar-refractivity contribution in [2.45, 2.75) is 194 Å². The zero-order valence-electron chi connectivity index (χ0n) is 77.1. The fourth-order valence-corrected chi connectivity index (χ4v) is 18.0. The summed E-state index contributed by atoms with van der Waals surface area (Å²) >= 11 is 0. The van der Waals surface area contributed by atoms with Crippen molar-refractivity contribution in [3.8, 4) is 139 Å². The summed E-state index contributed by atoms with van der Waals surface area (Å²) in [7, 11) is 3.42. The van der Waals surface area contributed by atoms with E-state index in [4.69, 9.17) is 46.5 Å². The van der Waals surface area contributed by atoms with Crippen LogP contribution in [0.4, 0.5) is 9.59 Å². The molecule has 18 rings (SSSR count). The van der Waals surface area contributed by atoms with Gasteiger partial charge < -0.3 is 77.6 Å². The number of urea groups is 2. The summed E-state index contributed by atoms with van der Waals surface area (Å²) in [5, 5.41) is 68.5. The van der Waals surface area contributed by atoms with Crippen LogP contribution in [0.2, 0.25) is 0 Å². The van der Waals surface area contributed by atoms with Gasteiger partial charge in [-0.25, -0.2) is 9.59 Å². The average molecular weight is 1790 g/mol. The van der Waals surface area contributed by atoms with Gasteiger partial charge in [-0.05, 0) is 262 Å². The van der Waals surface area contributed by atoms with Crippen LogP contribution in [0.3, 0.4) is 0 Å². The molecule has 2 fully saturated rings. The first-order valence-corrected chi connectivity index (χ1v) is 45.9. The Morgan fingerprint density at radius 1 is 0.391 bits per heavy atom. The Balaban J connectivity index is 0.000000136. The number of nitrogens with one attached hydrogen (secondary N) is 4. The summed E-state index contributed by atoms with van der Waals surface area (Å²) in [6.07, 6.45) is 12.8. The number of rotatable bonds is 26. The summed E-state index contributed by atoms with van der Waals surface area (Å²) in [5.74, 6) is 6.28. The molecule has 0 spiro atoms. The highest BCUT2D eigenvalue weighted by atomic mass is 16.5. The highest BCUT2D eigenvalue weighted by Crippen LogP contribution is 2.44. The maximum atomic E-state index is 12.9. The van der Waals surface area contributed by atoms with Gasteiger partial charge in [0.25, 0.3) is 23.6 Å². The van der Waals surface area contributed by atoms with Crippen molar-refractivity contribution < 1.29 is 56.1 Å². The Bertz CT molecular complexity index is 6100. The number of hydrogen-bond donors (Lipinski definition) is 4. The number of likely N-dealkylation sites (tertiary alicyclic amines) is 2. The maximum absolute atomic E-state index is 12.9. The van der Waals surface area contributed by atoms with Gasteiger partial charge in [0.15, 0.2) is 0 Å². The molecule has 0 radical (unpaired) electrons. The van der Waals surface area contributed by atoms with Crippen molar-refractivity contribution in [1.82, 2.24) is 71.6 Å². The Morgan fingerprint density at radius 3 is 0.977 bits per heavy atom. The van der Waals surface area contributed by atoms with E-state index in [-0.39, 0.29) is 48.6 Å². The third kappa shape index (κ3) is 22.4. The number of aromatic nitrogens is 8. The molecule has 4 amide bonds. The fraction of sp³-hybridized carbons (Fsp3) is 0.398. The van der Waals surface area contributed by atoms with Crippen LogP contribution in [0, 0.1) is 51.2 Å². The van der Waals surface area contributed by atoms with Crippen LogP contribution in [0.25, 0.3) is 91.4 Å². The summed E-state index contributed by atoms with van der Waals surface area (Å²) in [6.45, 7) is 23.9. The Hall–Kier alpha value is -14.1. The molecule has 4 aromatic heterocycles. The van der Waals surface area contributed by atoms with E-state index >= 15 is 0 Å². The van der Waals surface area contributed by atoms with Gasteiger partial charge in [0, 0.05) is 110 Å². The smallest absolute Gasteiger partial charge is 0.317 e. The van der Waals surface area contributed by atoms with Crippen molar-refractivity contribution in [2.75, 3.05) is 66.7 Å². The second-order valence-electron chi connectivity index (χ2n) is 35.0. The van der Waals surface area contributed by atoms with Crippen molar-refractivity contribution in [3.05, 3.63) is 212 Å². The first-order valence-electron chi connectivity index (χ1n) is 45.9. The lowest BCUT2D eigenvalue weighted by Crippen LogP contribution is -2.45. The van der Waals surface area contributed by atoms with Crippen molar-refractivity contribution >= 4 is 12.1 Å². The number of fused-ring (bicyclic) bond motifs is 4. The molecule has 6 aliphatic rings. The number of benzene rings is 8. The minimum absolute atomic E-state index is 0.0130. The van der Waals surface area contributed by atoms with E-state index < -0.39 is 0 Å². The zero-order valence-corrected chi connectivity index (χ0v) is 77.1. The summed E-state index contributed by atoms with van der Waals surface area (Å²) in [4.78, 5) is 48.0. The first-order chi connectivity index (χ1) is 64.7. The van der Waals surface area contributed by atoms with Crippen molar-refractivity contribution in [1.29, 1.82) is 21.0 Å². The van der Waals surface area contributed by atoms with E-state index in [9.17, 15) is 30.6 Å². The normalized spacial score (nSPS) is 16.8. The number of carbonyl (C=O) groups excluding carboxylic acids is 2. The molecule has 0 unspecified atom stereocenters. The van der Waals surface area contributed by atoms with Crippen LogP contribution in [0.1, 0.15) is 211 Å². The molecule has 0 saturated carbocycles. The molecule has 30 nitrogen and oxygen atoms in total. The molecule has 686 valence electrons. The van der Waals surface area contributed by atoms with E-state index in [1.165, 1.54) is 35.1 Å². The molecule has 4 N–H and O–H groups in total. The summed E-state index contributed by atoms with van der Waals surface area (Å²) in [6, 6.07) is 55.1. The van der Waals surface area contributed by atoms with E-state index in [2.05, 4.69) is 117 Å². The first kappa shape index (κ1) is 93.5. The molecule has 6 heterocycles. The third-order valence-corrected chi connectivity index (χ3v) is 24.2. The number of piperidine rings is 2. The largest absolute Gasteiger partial charge is 0.490 e. The van der Waals surface area contributed by atoms with Gasteiger partial charge in [0.05, 0.1) is 72.0 Å². The number of carbonyl (C=O) groups is 2. The maximum Gasteiger partial charge on any atom is 0.317 e. The van der Waals surface area contributed by atoms with Gasteiger partial charge in [-0.1, -0.05) is 100 Å². The SMILES string of the molecule is CC(C)Oc1ccc(-c2nc(-c3cccc4c3CC[C@@H]4NC(=O)N3CCCCC3)no2)cc1C#N.CC(C)Oc1ccc(-c2nc(-c3cccc4c3CC[C@H]4NC(=O)N3CCC[C@H](C)C3)no2)cc1C#N.COCCN[C@@H]1CCc2c(-c3noc(-c4ccc(OC(C)C)c(C#N)c4)n3)cccc21.COCCN[C@H]1CCc2c(-c3noc(-c4ccc(OC(C)C)c(C#N)c4)n3)cccc21. The van der Waals surface area contributed by atoms with Gasteiger partial charge in [-0.2, -0.15) is 41.0 Å². The van der Waals surface area contributed by atoms with Crippen LogP contribution in [0.15, 0.2) is 164 Å². The highest BCUT2D eigenvalue weighted by molar-refractivity contribution is 5.78. The predicted octanol–water partition coefficient (Wildman–Crippen LogP) is 19.3. The monoisotopic (exact) mass is 1790 g/mol. The number of amides is 4. The van der Waals surface area contributed by atoms with Gasteiger partial charge in [-0.3, -0.25) is 0 Å². The molecule has 133 heavy (non-hydrogen) atoms. The minimum atomic E-state index is -0.0323. The lowest BCUT2D eigenvalue weighted by Gasteiger charge is -2.32. The number of nitrogens with zero attached hydrogens (tertiary/aromatic N) is 14. The molecule has 2 saturated heterocycles. The van der Waals surface area contributed by atoms with Crippen LogP contribution in [-0.4, -0.2) is 154 Å². The third-order valence-electron chi connectivity index (χ3n) is 24.2. The number of nitriles is 4. The van der Waals surface area contributed by atoms with Gasteiger partial charge in [0.2, 0.25) is 23.3 Å². The van der Waals surface area contributed by atoms with Crippen LogP contribution < -0.4 is 40.2 Å². The van der Waals surface area contributed by atoms with Crippen LogP contribution >= 0.6 is 0 Å². The molecule has 2 aliphatic heterocycles. The van der Waals surface area contributed by atoms with Crippen LogP contribution in [-0.2, 0) is 35.2 Å². The van der Waals surface area contributed by atoms with E-state index in [0.29, 0.717) is 146 Å². The quantitative estimate of drug-likeness (QED) is 0.0366. The summed E-state index contributed by atoms with van der Waals surface area (Å²) < 4.78 is 55.3. The van der Waals surface area contributed by atoms with E-state index in [0.717, 1.165) is 154 Å². The van der Waals surface area contributed by atoms with Gasteiger partial charge in [-0.15, -0.1) is 0 Å². The molecule has 4 aliphatic carbocycles. The standard InChI is InChI=1S/C28H31N5O3.C27H29N5O3.2C24H26N4O3/c1-17(2)35-25-12-9-19(14-20(25)15-29)27-31-26(32-36-27)23-8-4-7-22-21(23)10-11-24(22)30-28(34)33-13-5-6-18(3)16-33;1-17(2)34-24-12-9-18(15-19(24)16-28)26-30-25(31-35-26)22-8-6-7-21-20(22)10-11-23(21)29-27(33)32-13-4-3-5-14-32;2*1-15(2)30-22-10-7-16(13-17(22)14-25)24-27-23(28-31-24)20-6-4-5-19-18(20)8-9-21(19)26-11-12-29-3/h4,7-9,12,14,17-18,24H,5-6,10-11,13,16H2,1-3H3,(H,30,34);6-9,12,15,17,23H,3-5,10-11,13-14H2,1-2H3,(H,29,33);2*4-7,10,13,15,21,26H,8-9,11-12H2,1-3H3/t18-,24+;23-;2*21-/m0010/s1. The predicted molar refractivity (Wildman–Crippen MR) is 499 cm³/mol. The second kappa shape index (κ2) is 43.7. The average Bonchev–Trinajstić information content (AvgIpc) is 1.65. The van der Waals surface area contributed by atoms with Crippen LogP contribution in [0.5, 0.6) is 23.0 Å². The van der Waals surface area contributed by atoms with E-state index in [1.54, 1.807) is 62.8 Å². The topological polar surface area (TPSA) is 395 Å². The molecule has 30 heteroatoms. The molecular weight excluding hydrogens is 1680 g/mol.